The van der Waals surface area contributed by atoms with Crippen LogP contribution >= 0.6 is 0 Å². The molecule has 1 heterocycles. The first-order chi connectivity index (χ1) is 12.5. The molecule has 1 aliphatic heterocycles. The molecular weight excluding hydrogens is 335 g/mol. The maximum absolute atomic E-state index is 13.5. The molecule has 1 aliphatic rings. The van der Waals surface area contributed by atoms with Gasteiger partial charge in [-0.2, -0.15) is 0 Å². The Labute approximate surface area is 149 Å². The SMILES string of the molecule is C=C1/C(=N\C=N/C)C(Nc2cccc(F)c2)=Nc2cc(C(=O)O)c#cc21. The fourth-order valence-corrected chi connectivity index (χ4v) is 2.35. The number of carboxylic acid groups (broad SMARTS) is 1. The van der Waals surface area contributed by atoms with Crippen molar-refractivity contribution in [3.8, 4) is 0 Å². The Hall–Kier alpha value is -3.79. The molecule has 0 fully saturated rings. The lowest BCUT2D eigenvalue weighted by Crippen LogP contribution is -2.27. The highest BCUT2D eigenvalue weighted by Gasteiger charge is 2.24. The molecule has 26 heavy (non-hydrogen) atoms. The smallest absolute Gasteiger partial charge is 0.344 e. The standard InChI is InChI=1S/C19H13FN4O2/c1-11-15-7-6-12(19(25)26)8-16(15)24-18(17(11)22-10-21-2)23-14-5-3-4-13(20)9-14/h3-5,8-10H,1H2,2H3,(H,23,24)(H,25,26)/b21-10-,22-17+. The van der Waals surface area contributed by atoms with Gasteiger partial charge in [-0.15, -0.1) is 0 Å². The lowest BCUT2D eigenvalue weighted by atomic mass is 9.97. The number of aliphatic imine (C=N–C) groups is 3. The van der Waals surface area contributed by atoms with E-state index in [2.05, 4.69) is 39.0 Å². The van der Waals surface area contributed by atoms with Gasteiger partial charge < -0.3 is 10.4 Å². The summed E-state index contributed by atoms with van der Waals surface area (Å²) in [6, 6.07) is 12.6. The van der Waals surface area contributed by atoms with Crippen molar-refractivity contribution in [3.05, 3.63) is 66.0 Å². The summed E-state index contributed by atoms with van der Waals surface area (Å²) in [5.74, 6) is -1.25. The van der Waals surface area contributed by atoms with Crippen molar-refractivity contribution in [2.24, 2.45) is 15.0 Å². The molecule has 0 aliphatic carbocycles. The molecule has 0 saturated heterocycles. The summed E-state index contributed by atoms with van der Waals surface area (Å²) >= 11 is 0. The van der Waals surface area contributed by atoms with Crippen molar-refractivity contribution < 1.29 is 14.3 Å². The molecule has 0 radical (unpaired) electrons. The average Bonchev–Trinajstić information content (AvgIpc) is 2.61. The van der Waals surface area contributed by atoms with Crippen LogP contribution in [0.5, 0.6) is 0 Å². The summed E-state index contributed by atoms with van der Waals surface area (Å²) in [7, 11) is 1.57. The zero-order chi connectivity index (χ0) is 18.7. The van der Waals surface area contributed by atoms with E-state index in [-0.39, 0.29) is 5.56 Å². The number of carbonyl (C=O) groups is 1. The molecule has 6 nitrogen and oxygen atoms in total. The van der Waals surface area contributed by atoms with E-state index in [0.29, 0.717) is 34.1 Å². The van der Waals surface area contributed by atoms with Gasteiger partial charge in [-0.1, -0.05) is 24.8 Å². The predicted molar refractivity (Wildman–Crippen MR) is 99.1 cm³/mol. The number of hydrogen-bond acceptors (Lipinski definition) is 4. The monoisotopic (exact) mass is 348 g/mol. The summed E-state index contributed by atoms with van der Waals surface area (Å²) in [6.45, 7) is 3.99. The Morgan fingerprint density at radius 1 is 1.38 bits per heavy atom. The van der Waals surface area contributed by atoms with E-state index in [9.17, 15) is 9.18 Å². The van der Waals surface area contributed by atoms with Gasteiger partial charge in [0.25, 0.3) is 0 Å². The number of halogens is 1. The molecule has 7 heteroatoms. The van der Waals surface area contributed by atoms with Crippen LogP contribution in [0.3, 0.4) is 0 Å². The highest BCUT2D eigenvalue weighted by Crippen LogP contribution is 2.31. The van der Waals surface area contributed by atoms with Gasteiger partial charge in [0, 0.05) is 18.3 Å². The van der Waals surface area contributed by atoms with Crippen LogP contribution in [0.4, 0.5) is 15.8 Å². The number of amidine groups is 1. The molecule has 0 atom stereocenters. The predicted octanol–water partition coefficient (Wildman–Crippen LogP) is 3.39. The van der Waals surface area contributed by atoms with E-state index in [1.807, 2.05) is 0 Å². The second kappa shape index (κ2) is 6.99. The molecule has 0 aromatic heterocycles. The minimum Gasteiger partial charge on any atom is -0.477 e. The van der Waals surface area contributed by atoms with E-state index in [1.165, 1.54) is 24.5 Å². The van der Waals surface area contributed by atoms with Gasteiger partial charge >= 0.3 is 5.97 Å². The molecular formula is C19H13FN4O2. The summed E-state index contributed by atoms with van der Waals surface area (Å²) < 4.78 is 13.5. The molecule has 2 aromatic carbocycles. The van der Waals surface area contributed by atoms with Crippen LogP contribution in [0.2, 0.25) is 0 Å². The van der Waals surface area contributed by atoms with E-state index >= 15 is 0 Å². The van der Waals surface area contributed by atoms with Crippen molar-refractivity contribution in [1.29, 1.82) is 0 Å². The average molecular weight is 348 g/mol. The second-order valence-corrected chi connectivity index (χ2v) is 5.30. The highest BCUT2D eigenvalue weighted by atomic mass is 19.1. The van der Waals surface area contributed by atoms with E-state index in [1.54, 1.807) is 19.2 Å². The first kappa shape index (κ1) is 17.0. The quantitative estimate of drug-likeness (QED) is 0.658. The van der Waals surface area contributed by atoms with Gasteiger partial charge in [0.1, 0.15) is 23.4 Å². The summed E-state index contributed by atoms with van der Waals surface area (Å²) in [4.78, 5) is 23.6. The Balaban J connectivity index is 2.11. The number of rotatable bonds is 3. The van der Waals surface area contributed by atoms with Crippen LogP contribution in [0.25, 0.3) is 5.57 Å². The highest BCUT2D eigenvalue weighted by molar-refractivity contribution is 6.62. The summed E-state index contributed by atoms with van der Waals surface area (Å²) in [6.07, 6.45) is 1.34. The number of hydrogen-bond donors (Lipinski definition) is 2. The van der Waals surface area contributed by atoms with Crippen LogP contribution < -0.4 is 5.32 Å². The molecule has 2 aromatic rings. The number of benzene rings is 1. The van der Waals surface area contributed by atoms with Crippen LogP contribution in [-0.4, -0.2) is 36.0 Å². The third-order valence-electron chi connectivity index (χ3n) is 3.52. The Bertz CT molecular complexity index is 993. The van der Waals surface area contributed by atoms with Gasteiger partial charge in [0.15, 0.2) is 5.84 Å². The first-order valence-electron chi connectivity index (χ1n) is 7.50. The van der Waals surface area contributed by atoms with Crippen molar-refractivity contribution in [3.63, 3.8) is 0 Å². The van der Waals surface area contributed by atoms with Gasteiger partial charge in [-0.05, 0) is 24.3 Å². The van der Waals surface area contributed by atoms with Crippen LogP contribution in [0.1, 0.15) is 15.9 Å². The maximum atomic E-state index is 13.5. The largest absolute Gasteiger partial charge is 0.477 e. The number of aromatic carboxylic acids is 1. The van der Waals surface area contributed by atoms with E-state index in [4.69, 9.17) is 5.11 Å². The van der Waals surface area contributed by atoms with Crippen LogP contribution in [-0.2, 0) is 0 Å². The van der Waals surface area contributed by atoms with Crippen LogP contribution in [0.15, 0.2) is 51.9 Å². The Morgan fingerprint density at radius 3 is 2.88 bits per heavy atom. The topological polar surface area (TPSA) is 86.4 Å². The van der Waals surface area contributed by atoms with Crippen LogP contribution in [0, 0.1) is 17.9 Å². The van der Waals surface area contributed by atoms with Gasteiger partial charge in [0.05, 0.1) is 11.3 Å². The molecule has 0 saturated carbocycles. The second-order valence-electron chi connectivity index (χ2n) is 5.30. The van der Waals surface area contributed by atoms with Gasteiger partial charge in [-0.3, -0.25) is 4.99 Å². The molecule has 0 bridgehead atoms. The molecule has 128 valence electrons. The zero-order valence-electron chi connectivity index (χ0n) is 13.7. The van der Waals surface area contributed by atoms with Gasteiger partial charge in [0.2, 0.25) is 0 Å². The molecule has 0 amide bonds. The van der Waals surface area contributed by atoms with Crippen molar-refractivity contribution in [2.75, 3.05) is 12.4 Å². The van der Waals surface area contributed by atoms with E-state index < -0.39 is 11.8 Å². The first-order valence-corrected chi connectivity index (χ1v) is 7.50. The molecule has 3 rings (SSSR count). The Morgan fingerprint density at radius 2 is 2.19 bits per heavy atom. The lowest BCUT2D eigenvalue weighted by molar-refractivity contribution is 0.0697. The third-order valence-corrected chi connectivity index (χ3v) is 3.52. The fraction of sp³-hybridized carbons (Fsp3) is 0.0526. The van der Waals surface area contributed by atoms with Gasteiger partial charge in [-0.25, -0.2) is 19.2 Å². The molecule has 2 N–H and O–H groups in total. The van der Waals surface area contributed by atoms with Crippen molar-refractivity contribution in [1.82, 2.24) is 0 Å². The zero-order valence-corrected chi connectivity index (χ0v) is 13.7. The Kier molecular flexibility index (Phi) is 4.58. The normalized spacial score (nSPS) is 14.8. The minimum absolute atomic E-state index is 0.0686. The molecule has 0 spiro atoms. The summed E-state index contributed by atoms with van der Waals surface area (Å²) in [5, 5.41) is 12.1. The minimum atomic E-state index is -1.14. The van der Waals surface area contributed by atoms with Crippen molar-refractivity contribution >= 4 is 40.8 Å². The van der Waals surface area contributed by atoms with E-state index in [0.717, 1.165) is 0 Å². The van der Waals surface area contributed by atoms with Crippen molar-refractivity contribution in [2.45, 2.75) is 0 Å². The number of nitrogens with zero attached hydrogens (tertiary/aromatic N) is 3. The molecule has 0 unspecified atom stereocenters. The maximum Gasteiger partial charge on any atom is 0.344 e. The number of carboxylic acids is 1. The number of nitrogens with one attached hydrogen (secondary N) is 1. The number of fused-ring (bicyclic) bond motifs is 1. The lowest BCUT2D eigenvalue weighted by Gasteiger charge is -2.19. The fourth-order valence-electron chi connectivity index (χ4n) is 2.35. The summed E-state index contributed by atoms with van der Waals surface area (Å²) in [5.41, 5.74) is 2.11. The number of anilines is 1. The third kappa shape index (κ3) is 3.35.